The van der Waals surface area contributed by atoms with Crippen molar-refractivity contribution in [1.29, 1.82) is 0 Å². The second-order valence-corrected chi connectivity index (χ2v) is 12.5. The summed E-state index contributed by atoms with van der Waals surface area (Å²) in [5.74, 6) is 3.29. The lowest BCUT2D eigenvalue weighted by atomic mass is 10.1. The lowest BCUT2D eigenvalue weighted by molar-refractivity contribution is 0.109. The molecule has 232 valence electrons. The van der Waals surface area contributed by atoms with Crippen LogP contribution in [0.15, 0.2) is 0 Å². The summed E-state index contributed by atoms with van der Waals surface area (Å²) in [6, 6.07) is 3.49. The number of hydrogen-bond donors (Lipinski definition) is 0. The largest absolute Gasteiger partial charge is 0.297 e. The fraction of sp³-hybridized carbons (Fsp3) is 1.00. The molecule has 4 aliphatic rings. The maximum Gasteiger partial charge on any atom is 0.0239 e. The standard InChI is InChI=1S/2C13H26N2.4C2H6/c2*1-10(2)6-14-8-13-5-12(14)9-15(13)7-11(3)4;4*1-2/h2*10-13H,5-9H2,1-4H3;4*1-2H3. The fourth-order valence-electron chi connectivity index (χ4n) is 6.43. The first-order valence-electron chi connectivity index (χ1n) is 17.1. The molecule has 4 fully saturated rings. The van der Waals surface area contributed by atoms with Crippen molar-refractivity contribution in [3.63, 3.8) is 0 Å². The van der Waals surface area contributed by atoms with E-state index in [0.717, 1.165) is 47.8 Å². The van der Waals surface area contributed by atoms with E-state index in [4.69, 9.17) is 0 Å². The van der Waals surface area contributed by atoms with Crippen molar-refractivity contribution in [1.82, 2.24) is 19.6 Å². The minimum atomic E-state index is 0.822. The molecule has 4 unspecified atom stereocenters. The number of hydrogen-bond acceptors (Lipinski definition) is 4. The zero-order valence-corrected chi connectivity index (χ0v) is 29.5. The van der Waals surface area contributed by atoms with Crippen LogP contribution in [0.25, 0.3) is 0 Å². The molecular formula is C34H76N4. The highest BCUT2D eigenvalue weighted by molar-refractivity contribution is 5.00. The first kappa shape index (κ1) is 40.0. The third-order valence-corrected chi connectivity index (χ3v) is 7.33. The van der Waals surface area contributed by atoms with Gasteiger partial charge in [-0.2, -0.15) is 0 Å². The zero-order chi connectivity index (χ0) is 30.0. The van der Waals surface area contributed by atoms with Crippen LogP contribution in [0.4, 0.5) is 0 Å². The van der Waals surface area contributed by atoms with E-state index in [-0.39, 0.29) is 0 Å². The average Bonchev–Trinajstić information content (AvgIpc) is 3.65. The molecule has 0 N–H and O–H groups in total. The predicted octanol–water partition coefficient (Wildman–Crippen LogP) is 8.22. The highest BCUT2D eigenvalue weighted by atomic mass is 15.4. The Labute approximate surface area is 243 Å². The summed E-state index contributed by atoms with van der Waals surface area (Å²) in [4.78, 5) is 10.9. The molecule has 38 heavy (non-hydrogen) atoms. The molecule has 4 rings (SSSR count). The first-order valence-corrected chi connectivity index (χ1v) is 17.1. The van der Waals surface area contributed by atoms with Crippen molar-refractivity contribution < 1.29 is 0 Å². The van der Waals surface area contributed by atoms with E-state index in [9.17, 15) is 0 Å². The second-order valence-electron chi connectivity index (χ2n) is 12.5. The Hall–Kier alpha value is -0.160. The quantitative estimate of drug-likeness (QED) is 0.307. The molecule has 0 aromatic heterocycles. The van der Waals surface area contributed by atoms with Gasteiger partial charge < -0.3 is 0 Å². The van der Waals surface area contributed by atoms with Crippen molar-refractivity contribution in [3.05, 3.63) is 0 Å². The second kappa shape index (κ2) is 22.5. The molecule has 4 bridgehead atoms. The molecule has 4 aliphatic heterocycles. The van der Waals surface area contributed by atoms with Crippen molar-refractivity contribution in [2.24, 2.45) is 23.7 Å². The summed E-state index contributed by atoms with van der Waals surface area (Å²) >= 11 is 0. The summed E-state index contributed by atoms with van der Waals surface area (Å²) in [7, 11) is 0. The van der Waals surface area contributed by atoms with Gasteiger partial charge in [-0.1, -0.05) is 111 Å². The van der Waals surface area contributed by atoms with Gasteiger partial charge in [-0.3, -0.25) is 19.6 Å². The van der Waals surface area contributed by atoms with Gasteiger partial charge >= 0.3 is 0 Å². The number of piperazine rings is 2. The number of rotatable bonds is 8. The molecule has 0 aromatic rings. The Bertz CT molecular complexity index is 429. The van der Waals surface area contributed by atoms with Crippen LogP contribution in [0.3, 0.4) is 0 Å². The SMILES string of the molecule is CC.CC.CC.CC.CC(C)CN1CC2CC1CN2CC(C)C.CC(C)CN1CC2CC1CN2CC(C)C. The van der Waals surface area contributed by atoms with E-state index < -0.39 is 0 Å². The Morgan fingerprint density at radius 3 is 0.632 bits per heavy atom. The fourth-order valence-corrected chi connectivity index (χ4v) is 6.43. The first-order chi connectivity index (χ1) is 18.1. The van der Waals surface area contributed by atoms with Crippen LogP contribution in [-0.4, -0.2) is 96.1 Å². The minimum absolute atomic E-state index is 0.822. The molecular weight excluding hydrogens is 464 g/mol. The summed E-state index contributed by atoms with van der Waals surface area (Å²) in [6.45, 7) is 45.2. The predicted molar refractivity (Wildman–Crippen MR) is 175 cm³/mol. The maximum absolute atomic E-state index is 2.71. The molecule has 4 saturated heterocycles. The highest BCUT2D eigenvalue weighted by Crippen LogP contribution is 2.32. The summed E-state index contributed by atoms with van der Waals surface area (Å²) in [6.07, 6.45) is 2.86. The van der Waals surface area contributed by atoms with Gasteiger partial charge in [-0.05, 0) is 36.5 Å². The summed E-state index contributed by atoms with van der Waals surface area (Å²) in [5.41, 5.74) is 0. The van der Waals surface area contributed by atoms with Gasteiger partial charge in [0, 0.05) is 76.5 Å². The van der Waals surface area contributed by atoms with E-state index in [0.29, 0.717) is 0 Å². The molecule has 0 saturated carbocycles. The monoisotopic (exact) mass is 541 g/mol. The molecule has 4 heteroatoms. The van der Waals surface area contributed by atoms with Gasteiger partial charge in [-0.25, -0.2) is 0 Å². The average molecular weight is 541 g/mol. The topological polar surface area (TPSA) is 13.0 Å². The van der Waals surface area contributed by atoms with Crippen LogP contribution in [0.1, 0.15) is 124 Å². The van der Waals surface area contributed by atoms with Crippen LogP contribution in [0.5, 0.6) is 0 Å². The van der Waals surface area contributed by atoms with E-state index in [2.05, 4.69) is 75.0 Å². The maximum atomic E-state index is 2.71. The van der Waals surface area contributed by atoms with Gasteiger partial charge in [0.1, 0.15) is 0 Å². The Balaban J connectivity index is 0. The van der Waals surface area contributed by atoms with Crippen molar-refractivity contribution in [2.75, 3.05) is 52.4 Å². The Morgan fingerprint density at radius 1 is 0.368 bits per heavy atom. The molecule has 0 radical (unpaired) electrons. The minimum Gasteiger partial charge on any atom is -0.297 e. The summed E-state index contributed by atoms with van der Waals surface area (Å²) in [5, 5.41) is 0. The van der Waals surface area contributed by atoms with Crippen LogP contribution in [0.2, 0.25) is 0 Å². The number of likely N-dealkylation sites (tertiary alicyclic amines) is 4. The van der Waals surface area contributed by atoms with Gasteiger partial charge in [0.25, 0.3) is 0 Å². The molecule has 4 heterocycles. The van der Waals surface area contributed by atoms with E-state index >= 15 is 0 Å². The van der Waals surface area contributed by atoms with Crippen LogP contribution >= 0.6 is 0 Å². The molecule has 0 aromatic carbocycles. The van der Waals surface area contributed by atoms with Gasteiger partial charge in [-0.15, -0.1) is 0 Å². The molecule has 4 atom stereocenters. The van der Waals surface area contributed by atoms with E-state index in [1.165, 1.54) is 65.2 Å². The molecule has 0 amide bonds. The Kier molecular flexibility index (Phi) is 23.7. The third-order valence-electron chi connectivity index (χ3n) is 7.33. The number of fused-ring (bicyclic) bond motifs is 4. The van der Waals surface area contributed by atoms with Crippen LogP contribution < -0.4 is 0 Å². The van der Waals surface area contributed by atoms with Gasteiger partial charge in [0.05, 0.1) is 0 Å². The van der Waals surface area contributed by atoms with Crippen molar-refractivity contribution in [3.8, 4) is 0 Å². The summed E-state index contributed by atoms with van der Waals surface area (Å²) < 4.78 is 0. The van der Waals surface area contributed by atoms with Gasteiger partial charge in [0.15, 0.2) is 0 Å². The van der Waals surface area contributed by atoms with E-state index in [1.54, 1.807) is 0 Å². The van der Waals surface area contributed by atoms with Crippen molar-refractivity contribution in [2.45, 2.75) is 148 Å². The smallest absolute Gasteiger partial charge is 0.0239 e. The lowest BCUT2D eigenvalue weighted by Crippen LogP contribution is -2.48. The lowest BCUT2D eigenvalue weighted by Gasteiger charge is -2.35. The molecule has 0 spiro atoms. The van der Waals surface area contributed by atoms with E-state index in [1.807, 2.05) is 55.4 Å². The van der Waals surface area contributed by atoms with Crippen LogP contribution in [0, 0.1) is 23.7 Å². The number of nitrogens with zero attached hydrogens (tertiary/aromatic N) is 4. The van der Waals surface area contributed by atoms with Crippen molar-refractivity contribution >= 4 is 0 Å². The molecule has 4 nitrogen and oxygen atoms in total. The molecule has 0 aliphatic carbocycles. The normalized spacial score (nSPS) is 26.2. The third kappa shape index (κ3) is 14.0. The van der Waals surface area contributed by atoms with Crippen LogP contribution in [-0.2, 0) is 0 Å². The van der Waals surface area contributed by atoms with Gasteiger partial charge in [0.2, 0.25) is 0 Å². The zero-order valence-electron chi connectivity index (χ0n) is 29.5. The highest BCUT2D eigenvalue weighted by Gasteiger charge is 2.43. The Morgan fingerprint density at radius 2 is 0.526 bits per heavy atom.